The molecule has 0 amide bonds. The number of carboxylic acids is 1. The van der Waals surface area contributed by atoms with Gasteiger partial charge in [-0.2, -0.15) is 11.8 Å². The molecule has 0 aromatic carbocycles. The van der Waals surface area contributed by atoms with Crippen LogP contribution in [0.5, 0.6) is 0 Å². The summed E-state index contributed by atoms with van der Waals surface area (Å²) < 4.78 is 0. The molecule has 1 aliphatic heterocycles. The topological polar surface area (TPSA) is 50.2 Å². The lowest BCUT2D eigenvalue weighted by Gasteiger charge is -2.18. The Labute approximate surface area is 90.6 Å². The fourth-order valence-corrected chi connectivity index (χ4v) is 3.65. The Hall–Kier alpha value is -0.550. The van der Waals surface area contributed by atoms with E-state index >= 15 is 0 Å². The maximum absolute atomic E-state index is 10.7. The SMILES string of the molecule is O=C(O)c1cnc(C2CCCSC2)s1. The van der Waals surface area contributed by atoms with Crippen LogP contribution in [-0.2, 0) is 0 Å². The van der Waals surface area contributed by atoms with E-state index in [0.29, 0.717) is 10.8 Å². The predicted octanol–water partition coefficient (Wildman–Crippen LogP) is 2.45. The van der Waals surface area contributed by atoms with E-state index in [2.05, 4.69) is 4.98 Å². The summed E-state index contributed by atoms with van der Waals surface area (Å²) in [7, 11) is 0. The second kappa shape index (κ2) is 4.31. The molecule has 0 bridgehead atoms. The van der Waals surface area contributed by atoms with E-state index in [1.807, 2.05) is 11.8 Å². The number of aromatic nitrogens is 1. The average molecular weight is 229 g/mol. The molecular formula is C9H11NO2S2. The molecule has 1 aromatic rings. The molecule has 0 aliphatic carbocycles. The van der Waals surface area contributed by atoms with Crippen LogP contribution in [-0.4, -0.2) is 27.6 Å². The van der Waals surface area contributed by atoms with Crippen LogP contribution < -0.4 is 0 Å². The van der Waals surface area contributed by atoms with E-state index in [1.165, 1.54) is 29.7 Å². The maximum Gasteiger partial charge on any atom is 0.347 e. The van der Waals surface area contributed by atoms with Crippen LogP contribution in [0, 0.1) is 0 Å². The molecular weight excluding hydrogens is 218 g/mol. The molecule has 0 saturated carbocycles. The molecule has 14 heavy (non-hydrogen) atoms. The van der Waals surface area contributed by atoms with E-state index < -0.39 is 5.97 Å². The molecule has 1 atom stereocenters. The van der Waals surface area contributed by atoms with Gasteiger partial charge in [-0.05, 0) is 18.6 Å². The van der Waals surface area contributed by atoms with Crippen LogP contribution in [0.1, 0.15) is 33.4 Å². The number of hydrogen-bond donors (Lipinski definition) is 1. The van der Waals surface area contributed by atoms with Crippen molar-refractivity contribution < 1.29 is 9.90 Å². The van der Waals surface area contributed by atoms with Crippen molar-refractivity contribution in [1.29, 1.82) is 0 Å². The summed E-state index contributed by atoms with van der Waals surface area (Å²) >= 11 is 3.26. The van der Waals surface area contributed by atoms with Crippen molar-refractivity contribution in [1.82, 2.24) is 4.98 Å². The van der Waals surface area contributed by atoms with Gasteiger partial charge in [-0.3, -0.25) is 0 Å². The quantitative estimate of drug-likeness (QED) is 0.846. The Bertz CT molecular complexity index is 331. The Kier molecular flexibility index (Phi) is 3.08. The van der Waals surface area contributed by atoms with Crippen LogP contribution in [0.2, 0.25) is 0 Å². The minimum atomic E-state index is -0.864. The van der Waals surface area contributed by atoms with Gasteiger partial charge in [0.05, 0.1) is 11.2 Å². The number of thiazole rings is 1. The van der Waals surface area contributed by atoms with Crippen molar-refractivity contribution in [3.63, 3.8) is 0 Å². The third kappa shape index (κ3) is 2.09. The monoisotopic (exact) mass is 229 g/mol. The van der Waals surface area contributed by atoms with Crippen molar-refractivity contribution in [2.24, 2.45) is 0 Å². The predicted molar refractivity (Wildman–Crippen MR) is 58.4 cm³/mol. The van der Waals surface area contributed by atoms with Crippen molar-refractivity contribution >= 4 is 29.1 Å². The average Bonchev–Trinajstić information content (AvgIpc) is 2.68. The standard InChI is InChI=1S/C9H11NO2S2/c11-9(12)7-4-10-8(14-7)6-2-1-3-13-5-6/h4,6H,1-3,5H2,(H,11,12). The van der Waals surface area contributed by atoms with Gasteiger partial charge in [0.1, 0.15) is 4.88 Å². The van der Waals surface area contributed by atoms with Gasteiger partial charge in [0, 0.05) is 11.7 Å². The van der Waals surface area contributed by atoms with Gasteiger partial charge >= 0.3 is 5.97 Å². The van der Waals surface area contributed by atoms with E-state index in [4.69, 9.17) is 5.11 Å². The highest BCUT2D eigenvalue weighted by Gasteiger charge is 2.20. The molecule has 1 saturated heterocycles. The first kappa shape index (κ1) is 9.98. The van der Waals surface area contributed by atoms with Crippen molar-refractivity contribution in [3.8, 4) is 0 Å². The number of carbonyl (C=O) groups is 1. The number of aromatic carboxylic acids is 1. The van der Waals surface area contributed by atoms with Gasteiger partial charge in [-0.15, -0.1) is 11.3 Å². The summed E-state index contributed by atoms with van der Waals surface area (Å²) in [5.41, 5.74) is 0. The molecule has 3 nitrogen and oxygen atoms in total. The summed E-state index contributed by atoms with van der Waals surface area (Å²) in [6.07, 6.45) is 3.85. The molecule has 0 spiro atoms. The number of nitrogens with zero attached hydrogens (tertiary/aromatic N) is 1. The van der Waals surface area contributed by atoms with Crippen LogP contribution in [0.15, 0.2) is 6.20 Å². The van der Waals surface area contributed by atoms with Crippen LogP contribution >= 0.6 is 23.1 Å². The summed E-state index contributed by atoms with van der Waals surface area (Å²) in [6, 6.07) is 0. The Balaban J connectivity index is 2.11. The lowest BCUT2D eigenvalue weighted by Crippen LogP contribution is -2.07. The summed E-state index contributed by atoms with van der Waals surface area (Å²) in [6.45, 7) is 0. The first-order valence-corrected chi connectivity index (χ1v) is 6.51. The molecule has 1 aromatic heterocycles. The van der Waals surface area contributed by atoms with Crippen LogP contribution in [0.25, 0.3) is 0 Å². The van der Waals surface area contributed by atoms with Crippen LogP contribution in [0.4, 0.5) is 0 Å². The minimum absolute atomic E-state index is 0.357. The molecule has 1 fully saturated rings. The maximum atomic E-state index is 10.7. The fraction of sp³-hybridized carbons (Fsp3) is 0.556. The molecule has 2 heterocycles. The van der Waals surface area contributed by atoms with E-state index in [9.17, 15) is 4.79 Å². The molecule has 2 rings (SSSR count). The normalized spacial score (nSPS) is 22.1. The van der Waals surface area contributed by atoms with Crippen molar-refractivity contribution in [2.45, 2.75) is 18.8 Å². The smallest absolute Gasteiger partial charge is 0.347 e. The number of rotatable bonds is 2. The summed E-state index contributed by atoms with van der Waals surface area (Å²) in [5.74, 6) is 1.93. The van der Waals surface area contributed by atoms with Gasteiger partial charge in [0.25, 0.3) is 0 Å². The van der Waals surface area contributed by atoms with Gasteiger partial charge in [-0.25, -0.2) is 9.78 Å². The second-order valence-corrected chi connectivity index (χ2v) is 5.49. The van der Waals surface area contributed by atoms with Gasteiger partial charge in [-0.1, -0.05) is 0 Å². The first-order valence-electron chi connectivity index (χ1n) is 4.54. The van der Waals surface area contributed by atoms with Gasteiger partial charge in [0.15, 0.2) is 0 Å². The lowest BCUT2D eigenvalue weighted by molar-refractivity contribution is 0.0702. The number of hydrogen-bond acceptors (Lipinski definition) is 4. The first-order chi connectivity index (χ1) is 6.77. The number of carboxylic acid groups (broad SMARTS) is 1. The van der Waals surface area contributed by atoms with Crippen molar-refractivity contribution in [2.75, 3.05) is 11.5 Å². The zero-order valence-electron chi connectivity index (χ0n) is 7.60. The minimum Gasteiger partial charge on any atom is -0.477 e. The van der Waals surface area contributed by atoms with Crippen LogP contribution in [0.3, 0.4) is 0 Å². The third-order valence-electron chi connectivity index (χ3n) is 2.24. The fourth-order valence-electron chi connectivity index (χ4n) is 1.51. The second-order valence-electron chi connectivity index (χ2n) is 3.28. The molecule has 0 radical (unpaired) electrons. The van der Waals surface area contributed by atoms with E-state index in [0.717, 1.165) is 17.2 Å². The molecule has 1 N–H and O–H groups in total. The zero-order chi connectivity index (χ0) is 9.97. The Morgan fingerprint density at radius 1 is 1.64 bits per heavy atom. The molecule has 76 valence electrons. The Morgan fingerprint density at radius 2 is 2.50 bits per heavy atom. The largest absolute Gasteiger partial charge is 0.477 e. The molecule has 5 heteroatoms. The summed E-state index contributed by atoms with van der Waals surface area (Å²) in [5, 5.41) is 9.76. The highest BCUT2D eigenvalue weighted by Crippen LogP contribution is 2.33. The lowest BCUT2D eigenvalue weighted by atomic mass is 10.1. The summed E-state index contributed by atoms with van der Waals surface area (Å²) in [4.78, 5) is 15.2. The van der Waals surface area contributed by atoms with E-state index in [1.54, 1.807) is 0 Å². The van der Waals surface area contributed by atoms with Gasteiger partial charge in [0.2, 0.25) is 0 Å². The van der Waals surface area contributed by atoms with E-state index in [-0.39, 0.29) is 0 Å². The number of thioether (sulfide) groups is 1. The van der Waals surface area contributed by atoms with Crippen molar-refractivity contribution in [3.05, 3.63) is 16.1 Å². The Morgan fingerprint density at radius 3 is 3.07 bits per heavy atom. The molecule has 1 unspecified atom stereocenters. The highest BCUT2D eigenvalue weighted by atomic mass is 32.2. The zero-order valence-corrected chi connectivity index (χ0v) is 9.24. The highest BCUT2D eigenvalue weighted by molar-refractivity contribution is 7.99. The molecule has 1 aliphatic rings. The van der Waals surface area contributed by atoms with Gasteiger partial charge < -0.3 is 5.11 Å². The third-order valence-corrected chi connectivity index (χ3v) is 4.61.